The first-order valence-electron chi connectivity index (χ1n) is 4.45. The van der Waals surface area contributed by atoms with Crippen LogP contribution in [0.15, 0.2) is 24.3 Å². The van der Waals surface area contributed by atoms with Crippen LogP contribution in [0.4, 0.5) is 5.69 Å². The maximum atomic E-state index is 11.4. The lowest BCUT2D eigenvalue weighted by molar-refractivity contribution is -0.125. The highest BCUT2D eigenvalue weighted by molar-refractivity contribution is 6.30. The number of amides is 1. The first-order chi connectivity index (χ1) is 6.61. The molecule has 1 aromatic rings. The number of halogens is 1. The van der Waals surface area contributed by atoms with E-state index in [-0.39, 0.29) is 18.0 Å². The van der Waals surface area contributed by atoms with E-state index in [1.807, 2.05) is 19.1 Å². The van der Waals surface area contributed by atoms with Crippen LogP contribution in [0.5, 0.6) is 0 Å². The van der Waals surface area contributed by atoms with E-state index in [0.29, 0.717) is 5.02 Å². The largest absolute Gasteiger partial charge is 0.318 e. The summed E-state index contributed by atoms with van der Waals surface area (Å²) in [4.78, 5) is 13.1. The molecule has 74 valence electrons. The summed E-state index contributed by atoms with van der Waals surface area (Å²) < 4.78 is 0. The first-order valence-corrected chi connectivity index (χ1v) is 4.83. The normalized spacial score (nSPS) is 26.2. The summed E-state index contributed by atoms with van der Waals surface area (Å²) in [6.07, 6.45) is 0. The molecule has 3 nitrogen and oxygen atoms in total. The molecule has 1 aliphatic heterocycles. The molecule has 4 heteroatoms. The van der Waals surface area contributed by atoms with Crippen LogP contribution >= 0.6 is 11.6 Å². The highest BCUT2D eigenvalue weighted by Crippen LogP contribution is 2.27. The lowest BCUT2D eigenvalue weighted by Crippen LogP contribution is -2.67. The third kappa shape index (κ3) is 1.29. The van der Waals surface area contributed by atoms with Crippen molar-refractivity contribution in [3.05, 3.63) is 29.3 Å². The smallest absolute Gasteiger partial charge is 0.246 e. The van der Waals surface area contributed by atoms with Gasteiger partial charge in [0, 0.05) is 10.7 Å². The Hall–Kier alpha value is -1.06. The predicted molar refractivity (Wildman–Crippen MR) is 56.4 cm³/mol. The first kappa shape index (κ1) is 9.49. The molecule has 2 N–H and O–H groups in total. The Bertz CT molecular complexity index is 363. The molecule has 1 saturated heterocycles. The van der Waals surface area contributed by atoms with Crippen molar-refractivity contribution in [2.75, 3.05) is 4.90 Å². The van der Waals surface area contributed by atoms with E-state index in [1.54, 1.807) is 17.0 Å². The molecule has 0 aromatic heterocycles. The second kappa shape index (κ2) is 3.26. The molecule has 1 aliphatic rings. The SMILES string of the molecule is C[C@H]1[C@@H](N)C(=O)N1c1ccc(Cl)cc1. The topological polar surface area (TPSA) is 46.3 Å². The minimum Gasteiger partial charge on any atom is -0.318 e. The third-order valence-electron chi connectivity index (χ3n) is 2.55. The van der Waals surface area contributed by atoms with Gasteiger partial charge in [-0.1, -0.05) is 11.6 Å². The Kier molecular flexibility index (Phi) is 2.21. The molecule has 0 unspecified atom stereocenters. The lowest BCUT2D eigenvalue weighted by atomic mass is 9.97. The third-order valence-corrected chi connectivity index (χ3v) is 2.81. The molecule has 1 amide bonds. The molecule has 0 bridgehead atoms. The molecule has 14 heavy (non-hydrogen) atoms. The van der Waals surface area contributed by atoms with Crippen LogP contribution in [0.3, 0.4) is 0 Å². The number of nitrogens with zero attached hydrogens (tertiary/aromatic N) is 1. The number of anilines is 1. The number of β-lactam (4-membered cyclic amide) rings is 1. The van der Waals surface area contributed by atoms with Gasteiger partial charge in [-0.25, -0.2) is 0 Å². The van der Waals surface area contributed by atoms with Crippen LogP contribution in [-0.2, 0) is 4.79 Å². The van der Waals surface area contributed by atoms with Crippen molar-refractivity contribution in [3.63, 3.8) is 0 Å². The Labute approximate surface area is 87.4 Å². The number of nitrogens with two attached hydrogens (primary N) is 1. The van der Waals surface area contributed by atoms with Crippen molar-refractivity contribution in [3.8, 4) is 0 Å². The van der Waals surface area contributed by atoms with Crippen molar-refractivity contribution in [1.29, 1.82) is 0 Å². The highest BCUT2D eigenvalue weighted by atomic mass is 35.5. The zero-order valence-corrected chi connectivity index (χ0v) is 8.53. The van der Waals surface area contributed by atoms with Gasteiger partial charge in [0.15, 0.2) is 0 Å². The Balaban J connectivity index is 2.25. The Morgan fingerprint density at radius 3 is 2.43 bits per heavy atom. The summed E-state index contributed by atoms with van der Waals surface area (Å²) in [5.74, 6) is -0.0279. The van der Waals surface area contributed by atoms with E-state index in [1.165, 1.54) is 0 Å². The van der Waals surface area contributed by atoms with Crippen molar-refractivity contribution in [2.45, 2.75) is 19.0 Å². The van der Waals surface area contributed by atoms with Gasteiger partial charge in [-0.15, -0.1) is 0 Å². The van der Waals surface area contributed by atoms with E-state index >= 15 is 0 Å². The van der Waals surface area contributed by atoms with Gasteiger partial charge in [0.05, 0.1) is 6.04 Å². The van der Waals surface area contributed by atoms with Crippen LogP contribution in [0.1, 0.15) is 6.92 Å². The van der Waals surface area contributed by atoms with Crippen LogP contribution in [0, 0.1) is 0 Å². The minimum atomic E-state index is -0.356. The second-order valence-electron chi connectivity index (χ2n) is 3.45. The Morgan fingerprint density at radius 2 is 1.93 bits per heavy atom. The standard InChI is InChI=1S/C10H11ClN2O/c1-6-9(12)10(14)13(6)8-4-2-7(11)3-5-8/h2-6,9H,12H2,1H3/t6-,9+/m0/s1. The minimum absolute atomic E-state index is 0.0279. The van der Waals surface area contributed by atoms with Gasteiger partial charge in [0.2, 0.25) is 5.91 Å². The lowest BCUT2D eigenvalue weighted by Gasteiger charge is -2.43. The van der Waals surface area contributed by atoms with Gasteiger partial charge in [-0.05, 0) is 31.2 Å². The van der Waals surface area contributed by atoms with Crippen molar-refractivity contribution in [2.24, 2.45) is 5.73 Å². The molecule has 2 rings (SSSR count). The maximum absolute atomic E-state index is 11.4. The van der Waals surface area contributed by atoms with E-state index in [9.17, 15) is 4.79 Å². The second-order valence-corrected chi connectivity index (χ2v) is 3.89. The zero-order valence-electron chi connectivity index (χ0n) is 7.77. The highest BCUT2D eigenvalue weighted by Gasteiger charge is 2.42. The monoisotopic (exact) mass is 210 g/mol. The molecular formula is C10H11ClN2O. The maximum Gasteiger partial charge on any atom is 0.246 e. The fraction of sp³-hybridized carbons (Fsp3) is 0.300. The number of hydrogen-bond acceptors (Lipinski definition) is 2. The van der Waals surface area contributed by atoms with Gasteiger partial charge in [-0.3, -0.25) is 4.79 Å². The average molecular weight is 211 g/mol. The summed E-state index contributed by atoms with van der Waals surface area (Å²) in [6, 6.07) is 6.89. The Morgan fingerprint density at radius 1 is 1.36 bits per heavy atom. The molecule has 0 radical (unpaired) electrons. The number of benzene rings is 1. The molecule has 0 saturated carbocycles. The van der Waals surface area contributed by atoms with Crippen molar-refractivity contribution < 1.29 is 4.79 Å². The van der Waals surface area contributed by atoms with E-state index in [2.05, 4.69) is 0 Å². The van der Waals surface area contributed by atoms with Gasteiger partial charge in [0.25, 0.3) is 0 Å². The van der Waals surface area contributed by atoms with E-state index < -0.39 is 0 Å². The van der Waals surface area contributed by atoms with Crippen LogP contribution in [0.2, 0.25) is 5.02 Å². The molecule has 1 aromatic carbocycles. The van der Waals surface area contributed by atoms with Gasteiger partial charge >= 0.3 is 0 Å². The molecule has 1 fully saturated rings. The summed E-state index contributed by atoms with van der Waals surface area (Å²) in [6.45, 7) is 1.93. The van der Waals surface area contributed by atoms with Gasteiger partial charge in [-0.2, -0.15) is 0 Å². The molecule has 2 atom stereocenters. The fourth-order valence-corrected chi connectivity index (χ4v) is 1.74. The van der Waals surface area contributed by atoms with Crippen molar-refractivity contribution >= 4 is 23.2 Å². The van der Waals surface area contributed by atoms with Gasteiger partial charge in [0.1, 0.15) is 6.04 Å². The van der Waals surface area contributed by atoms with Crippen LogP contribution < -0.4 is 10.6 Å². The van der Waals surface area contributed by atoms with Crippen molar-refractivity contribution in [1.82, 2.24) is 0 Å². The summed E-state index contributed by atoms with van der Waals surface area (Å²) in [7, 11) is 0. The fourth-order valence-electron chi connectivity index (χ4n) is 1.61. The molecular weight excluding hydrogens is 200 g/mol. The van der Waals surface area contributed by atoms with E-state index in [4.69, 9.17) is 17.3 Å². The van der Waals surface area contributed by atoms with Crippen LogP contribution in [0.25, 0.3) is 0 Å². The van der Waals surface area contributed by atoms with E-state index in [0.717, 1.165) is 5.69 Å². The predicted octanol–water partition coefficient (Wildman–Crippen LogP) is 1.40. The number of carbonyl (C=O) groups excluding carboxylic acids is 1. The summed E-state index contributed by atoms with van der Waals surface area (Å²) in [5, 5.41) is 0.665. The number of carbonyl (C=O) groups is 1. The summed E-state index contributed by atoms with van der Waals surface area (Å²) >= 11 is 5.75. The number of rotatable bonds is 1. The zero-order chi connectivity index (χ0) is 10.3. The average Bonchev–Trinajstić information content (AvgIpc) is 2.21. The quantitative estimate of drug-likeness (QED) is 0.713. The van der Waals surface area contributed by atoms with Gasteiger partial charge < -0.3 is 10.6 Å². The molecule has 1 heterocycles. The van der Waals surface area contributed by atoms with Crippen LogP contribution in [-0.4, -0.2) is 18.0 Å². The number of hydrogen-bond donors (Lipinski definition) is 1. The molecule has 0 aliphatic carbocycles. The molecule has 0 spiro atoms. The summed E-state index contributed by atoms with van der Waals surface area (Å²) in [5.41, 5.74) is 6.46.